The van der Waals surface area contributed by atoms with E-state index in [9.17, 15) is 0 Å². The van der Waals surface area contributed by atoms with Gasteiger partial charge in [0, 0.05) is 32.0 Å². The number of rotatable bonds is 6. The van der Waals surface area contributed by atoms with Crippen molar-refractivity contribution >= 4 is 5.71 Å². The van der Waals surface area contributed by atoms with E-state index in [1.54, 1.807) is 0 Å². The van der Waals surface area contributed by atoms with Crippen molar-refractivity contribution in [1.29, 1.82) is 0 Å². The average molecular weight is 276 g/mol. The van der Waals surface area contributed by atoms with Crippen LogP contribution in [-0.2, 0) is 0 Å². The SMILES string of the molecule is CCC1CN(CCCOc2ccccc2)CC/C1=N\O. The van der Waals surface area contributed by atoms with Gasteiger partial charge in [0.2, 0.25) is 0 Å². The fourth-order valence-electron chi connectivity index (χ4n) is 2.68. The molecule has 1 aliphatic heterocycles. The normalized spacial score (nSPS) is 22.1. The lowest BCUT2D eigenvalue weighted by atomic mass is 9.93. The van der Waals surface area contributed by atoms with E-state index in [-0.39, 0.29) is 0 Å². The molecule has 1 unspecified atom stereocenters. The van der Waals surface area contributed by atoms with Gasteiger partial charge in [0.1, 0.15) is 5.75 Å². The molecule has 2 rings (SSSR count). The number of piperidine rings is 1. The molecule has 0 aromatic heterocycles. The van der Waals surface area contributed by atoms with Crippen LogP contribution in [-0.4, -0.2) is 42.1 Å². The Kier molecular flexibility index (Phi) is 5.87. The second-order valence-corrected chi connectivity index (χ2v) is 5.26. The zero-order valence-electron chi connectivity index (χ0n) is 12.2. The summed E-state index contributed by atoms with van der Waals surface area (Å²) in [4.78, 5) is 2.44. The van der Waals surface area contributed by atoms with Crippen LogP contribution in [0.25, 0.3) is 0 Å². The van der Waals surface area contributed by atoms with Crippen LogP contribution >= 0.6 is 0 Å². The summed E-state index contributed by atoms with van der Waals surface area (Å²) in [6.45, 7) is 5.93. The maximum atomic E-state index is 8.97. The van der Waals surface area contributed by atoms with E-state index in [2.05, 4.69) is 17.0 Å². The first-order valence-corrected chi connectivity index (χ1v) is 7.44. The fraction of sp³-hybridized carbons (Fsp3) is 0.562. The standard InChI is InChI=1S/C16H24N2O2/c1-2-14-13-18(11-9-16(14)17-19)10-6-12-20-15-7-4-3-5-8-15/h3-5,7-8,14,19H,2,6,9-13H2,1H3/b17-16+. The number of likely N-dealkylation sites (tertiary alicyclic amines) is 1. The Balaban J connectivity index is 1.67. The summed E-state index contributed by atoms with van der Waals surface area (Å²) < 4.78 is 5.70. The van der Waals surface area contributed by atoms with Crippen LogP contribution in [0, 0.1) is 5.92 Å². The maximum absolute atomic E-state index is 8.97. The van der Waals surface area contributed by atoms with Crippen LogP contribution < -0.4 is 4.74 Å². The number of nitrogens with zero attached hydrogens (tertiary/aromatic N) is 2. The van der Waals surface area contributed by atoms with Crippen molar-refractivity contribution in [3.63, 3.8) is 0 Å². The molecule has 1 aromatic rings. The number of benzene rings is 1. The molecule has 0 bridgehead atoms. The van der Waals surface area contributed by atoms with Crippen molar-refractivity contribution in [2.45, 2.75) is 26.2 Å². The average Bonchev–Trinajstić information content (AvgIpc) is 2.52. The van der Waals surface area contributed by atoms with Crippen molar-refractivity contribution in [2.24, 2.45) is 11.1 Å². The van der Waals surface area contributed by atoms with Crippen LogP contribution in [0.3, 0.4) is 0 Å². The van der Waals surface area contributed by atoms with E-state index < -0.39 is 0 Å². The van der Waals surface area contributed by atoms with Crippen LogP contribution in [0.15, 0.2) is 35.5 Å². The molecule has 0 aliphatic carbocycles. The lowest BCUT2D eigenvalue weighted by Crippen LogP contribution is -2.41. The van der Waals surface area contributed by atoms with Crippen LogP contribution in [0.1, 0.15) is 26.2 Å². The molecule has 4 heteroatoms. The van der Waals surface area contributed by atoms with Gasteiger partial charge >= 0.3 is 0 Å². The number of oxime groups is 1. The molecule has 0 radical (unpaired) electrons. The van der Waals surface area contributed by atoms with E-state index >= 15 is 0 Å². The molecular weight excluding hydrogens is 252 g/mol. The van der Waals surface area contributed by atoms with Crippen LogP contribution in [0.2, 0.25) is 0 Å². The molecule has 0 saturated carbocycles. The van der Waals surface area contributed by atoms with Crippen molar-refractivity contribution in [3.05, 3.63) is 30.3 Å². The van der Waals surface area contributed by atoms with E-state index in [4.69, 9.17) is 9.94 Å². The summed E-state index contributed by atoms with van der Waals surface area (Å²) in [6, 6.07) is 9.94. The molecule has 1 heterocycles. The summed E-state index contributed by atoms with van der Waals surface area (Å²) in [7, 11) is 0. The Morgan fingerprint density at radius 3 is 2.85 bits per heavy atom. The zero-order chi connectivity index (χ0) is 14.2. The lowest BCUT2D eigenvalue weighted by Gasteiger charge is -2.32. The minimum Gasteiger partial charge on any atom is -0.494 e. The summed E-state index contributed by atoms with van der Waals surface area (Å²) >= 11 is 0. The Hall–Kier alpha value is -1.55. The van der Waals surface area contributed by atoms with Gasteiger partial charge in [-0.25, -0.2) is 0 Å². The molecule has 1 fully saturated rings. The van der Waals surface area contributed by atoms with Crippen molar-refractivity contribution in [1.82, 2.24) is 4.90 Å². The van der Waals surface area contributed by atoms with E-state index in [1.807, 2.05) is 30.3 Å². The Morgan fingerprint density at radius 2 is 2.15 bits per heavy atom. The second kappa shape index (κ2) is 7.90. The third kappa shape index (κ3) is 4.23. The van der Waals surface area contributed by atoms with Crippen molar-refractivity contribution in [2.75, 3.05) is 26.2 Å². The highest BCUT2D eigenvalue weighted by atomic mass is 16.5. The number of para-hydroxylation sites is 1. The molecule has 1 N–H and O–H groups in total. The minimum absolute atomic E-state index is 0.406. The molecule has 20 heavy (non-hydrogen) atoms. The van der Waals surface area contributed by atoms with Gasteiger partial charge in [-0.2, -0.15) is 0 Å². The summed E-state index contributed by atoms with van der Waals surface area (Å²) in [5.41, 5.74) is 0.962. The highest BCUT2D eigenvalue weighted by Crippen LogP contribution is 2.17. The maximum Gasteiger partial charge on any atom is 0.119 e. The van der Waals surface area contributed by atoms with E-state index in [0.29, 0.717) is 5.92 Å². The molecule has 1 saturated heterocycles. The first kappa shape index (κ1) is 14.9. The van der Waals surface area contributed by atoms with Gasteiger partial charge in [-0.05, 0) is 25.0 Å². The Labute approximate surface area is 121 Å². The molecule has 0 spiro atoms. The van der Waals surface area contributed by atoms with Gasteiger partial charge in [-0.1, -0.05) is 30.3 Å². The first-order valence-electron chi connectivity index (χ1n) is 7.44. The molecule has 0 amide bonds. The number of ether oxygens (including phenoxy) is 1. The highest BCUT2D eigenvalue weighted by molar-refractivity contribution is 5.87. The van der Waals surface area contributed by atoms with E-state index in [1.165, 1.54) is 0 Å². The van der Waals surface area contributed by atoms with Gasteiger partial charge < -0.3 is 14.8 Å². The fourth-order valence-corrected chi connectivity index (χ4v) is 2.68. The smallest absolute Gasteiger partial charge is 0.119 e. The van der Waals surface area contributed by atoms with Gasteiger partial charge in [-0.3, -0.25) is 0 Å². The minimum atomic E-state index is 0.406. The predicted octanol–water partition coefficient (Wildman–Crippen LogP) is 3.02. The quantitative estimate of drug-likeness (QED) is 0.493. The van der Waals surface area contributed by atoms with Crippen LogP contribution in [0.5, 0.6) is 5.75 Å². The first-order chi connectivity index (χ1) is 9.83. The summed E-state index contributed by atoms with van der Waals surface area (Å²) in [6.07, 6.45) is 2.95. The Bertz CT molecular complexity index is 420. The third-order valence-electron chi connectivity index (χ3n) is 3.89. The topological polar surface area (TPSA) is 45.1 Å². The number of hydrogen-bond acceptors (Lipinski definition) is 4. The van der Waals surface area contributed by atoms with Crippen molar-refractivity contribution < 1.29 is 9.94 Å². The van der Waals surface area contributed by atoms with Gasteiger partial charge in [0.25, 0.3) is 0 Å². The molecule has 1 atom stereocenters. The Morgan fingerprint density at radius 1 is 1.35 bits per heavy atom. The van der Waals surface area contributed by atoms with Crippen LogP contribution in [0.4, 0.5) is 0 Å². The summed E-state index contributed by atoms with van der Waals surface area (Å²) in [5, 5.41) is 12.4. The van der Waals surface area contributed by atoms with Gasteiger partial charge in [0.05, 0.1) is 12.3 Å². The summed E-state index contributed by atoms with van der Waals surface area (Å²) in [5.74, 6) is 1.34. The molecule has 1 aromatic carbocycles. The highest BCUT2D eigenvalue weighted by Gasteiger charge is 2.24. The van der Waals surface area contributed by atoms with E-state index in [0.717, 1.165) is 57.0 Å². The molecular formula is C16H24N2O2. The predicted molar refractivity (Wildman–Crippen MR) is 80.6 cm³/mol. The second-order valence-electron chi connectivity index (χ2n) is 5.26. The monoisotopic (exact) mass is 276 g/mol. The molecule has 1 aliphatic rings. The van der Waals surface area contributed by atoms with Gasteiger partial charge in [-0.15, -0.1) is 0 Å². The molecule has 110 valence electrons. The largest absolute Gasteiger partial charge is 0.494 e. The zero-order valence-corrected chi connectivity index (χ0v) is 12.2. The van der Waals surface area contributed by atoms with Gasteiger partial charge in [0.15, 0.2) is 0 Å². The van der Waals surface area contributed by atoms with Crippen molar-refractivity contribution in [3.8, 4) is 5.75 Å². The lowest BCUT2D eigenvalue weighted by molar-refractivity contribution is 0.205. The third-order valence-corrected chi connectivity index (χ3v) is 3.89. The molecule has 4 nitrogen and oxygen atoms in total. The number of hydrogen-bond donors (Lipinski definition) is 1.